The normalized spacial score (nSPS) is 18.2. The minimum absolute atomic E-state index is 0.0278. The van der Waals surface area contributed by atoms with Crippen molar-refractivity contribution in [1.82, 2.24) is 9.21 Å². The van der Waals surface area contributed by atoms with Crippen molar-refractivity contribution >= 4 is 38.5 Å². The van der Waals surface area contributed by atoms with Gasteiger partial charge in [0.25, 0.3) is 0 Å². The van der Waals surface area contributed by atoms with Crippen LogP contribution in [0.4, 0.5) is 10.1 Å². The van der Waals surface area contributed by atoms with E-state index in [0.717, 1.165) is 23.4 Å². The smallest absolute Gasteiger partial charge is 0.242 e. The molecule has 0 saturated carbocycles. The molecule has 1 amide bonds. The van der Waals surface area contributed by atoms with Crippen LogP contribution in [0.3, 0.4) is 0 Å². The molecule has 1 heterocycles. The van der Waals surface area contributed by atoms with Crippen molar-refractivity contribution in [1.29, 1.82) is 0 Å². The van der Waals surface area contributed by atoms with Crippen LogP contribution >= 0.6 is 11.8 Å². The van der Waals surface area contributed by atoms with E-state index < -0.39 is 15.8 Å². The van der Waals surface area contributed by atoms with E-state index in [9.17, 15) is 17.6 Å². The van der Waals surface area contributed by atoms with Crippen LogP contribution in [-0.2, 0) is 14.8 Å². The van der Waals surface area contributed by atoms with Crippen molar-refractivity contribution in [3.63, 3.8) is 0 Å². The van der Waals surface area contributed by atoms with Crippen molar-refractivity contribution in [2.24, 2.45) is 4.99 Å². The maximum atomic E-state index is 13.1. The van der Waals surface area contributed by atoms with Crippen LogP contribution in [0.25, 0.3) is 0 Å². The minimum atomic E-state index is -3.72. The molecule has 2 aromatic rings. The summed E-state index contributed by atoms with van der Waals surface area (Å²) in [5, 5.41) is 0.921. The highest BCUT2D eigenvalue weighted by molar-refractivity contribution is 8.14. The molecule has 0 N–H and O–H groups in total. The van der Waals surface area contributed by atoms with Crippen LogP contribution < -0.4 is 0 Å². The molecule has 0 radical (unpaired) electrons. The second-order valence-corrected chi connectivity index (χ2v) is 11.0. The fraction of sp³-hybridized carbons (Fsp3) is 0.364. The van der Waals surface area contributed by atoms with Crippen LogP contribution in [0, 0.1) is 12.7 Å². The average molecular weight is 464 g/mol. The summed E-state index contributed by atoms with van der Waals surface area (Å²) in [4.78, 5) is 19.2. The molecular weight excluding hydrogens is 437 g/mol. The Bertz CT molecular complexity index is 1070. The molecular formula is C22H26FN3O3S2. The Kier molecular flexibility index (Phi) is 7.51. The number of amidine groups is 1. The van der Waals surface area contributed by atoms with Crippen molar-refractivity contribution < 1.29 is 17.6 Å². The first-order valence-corrected chi connectivity index (χ1v) is 12.3. The molecule has 6 nitrogen and oxygen atoms in total. The number of hydrogen-bond donors (Lipinski definition) is 0. The van der Waals surface area contributed by atoms with E-state index in [1.165, 1.54) is 23.5 Å². The summed E-state index contributed by atoms with van der Waals surface area (Å²) >= 11 is 1.56. The molecule has 9 heteroatoms. The van der Waals surface area contributed by atoms with E-state index in [1.807, 2.05) is 38.1 Å². The summed E-state index contributed by atoms with van der Waals surface area (Å²) in [6, 6.07) is 12.5. The van der Waals surface area contributed by atoms with Gasteiger partial charge in [-0.25, -0.2) is 22.1 Å². The zero-order valence-electron chi connectivity index (χ0n) is 17.8. The van der Waals surface area contributed by atoms with Gasteiger partial charge in [-0.05, 0) is 55.3 Å². The van der Waals surface area contributed by atoms with Crippen molar-refractivity contribution in [2.45, 2.75) is 36.8 Å². The number of rotatable bonds is 7. The topological polar surface area (TPSA) is 70.1 Å². The molecule has 1 atom stereocenters. The van der Waals surface area contributed by atoms with Gasteiger partial charge in [-0.15, -0.1) is 0 Å². The Morgan fingerprint density at radius 2 is 1.97 bits per heavy atom. The third kappa shape index (κ3) is 5.93. The molecule has 0 bridgehead atoms. The Balaban J connectivity index is 1.61. The summed E-state index contributed by atoms with van der Waals surface area (Å²) in [6.07, 6.45) is 0.590. The molecule has 1 aliphatic heterocycles. The first kappa shape index (κ1) is 23.4. The predicted molar refractivity (Wildman–Crippen MR) is 122 cm³/mol. The van der Waals surface area contributed by atoms with Crippen molar-refractivity contribution in [3.05, 3.63) is 59.9 Å². The molecule has 1 fully saturated rings. The summed E-state index contributed by atoms with van der Waals surface area (Å²) in [5.74, 6) is -0.566. The minimum Gasteiger partial charge on any atom is -0.290 e. The van der Waals surface area contributed by atoms with Gasteiger partial charge >= 0.3 is 0 Å². The molecule has 1 unspecified atom stereocenters. The van der Waals surface area contributed by atoms with Gasteiger partial charge in [0.15, 0.2) is 5.17 Å². The van der Waals surface area contributed by atoms with Gasteiger partial charge in [0.05, 0.1) is 10.6 Å². The fourth-order valence-electron chi connectivity index (χ4n) is 3.21. The summed E-state index contributed by atoms with van der Waals surface area (Å²) in [6.45, 7) is 4.81. The van der Waals surface area contributed by atoms with E-state index in [-0.39, 0.29) is 29.0 Å². The second-order valence-electron chi connectivity index (χ2n) is 7.55. The number of thioether (sulfide) groups is 1. The summed E-state index contributed by atoms with van der Waals surface area (Å²) in [7, 11) is -2.26. The van der Waals surface area contributed by atoms with Crippen LogP contribution in [-0.4, -0.2) is 54.1 Å². The number of nitrogens with zero attached hydrogens (tertiary/aromatic N) is 3. The Hall–Kier alpha value is -2.23. The first-order valence-electron chi connectivity index (χ1n) is 10.0. The molecule has 3 rings (SSSR count). The average Bonchev–Trinajstić information content (AvgIpc) is 3.08. The molecule has 0 spiro atoms. The number of benzene rings is 2. The highest BCUT2D eigenvalue weighted by Crippen LogP contribution is 2.29. The monoisotopic (exact) mass is 463 g/mol. The van der Waals surface area contributed by atoms with Crippen LogP contribution in [0.15, 0.2) is 58.4 Å². The number of amides is 1. The highest BCUT2D eigenvalue weighted by atomic mass is 32.2. The van der Waals surface area contributed by atoms with Gasteiger partial charge in [0.1, 0.15) is 5.82 Å². The fourth-order valence-corrected chi connectivity index (χ4v) is 5.47. The predicted octanol–water partition coefficient (Wildman–Crippen LogP) is 4.19. The molecule has 166 valence electrons. The zero-order valence-corrected chi connectivity index (χ0v) is 19.4. The Morgan fingerprint density at radius 1 is 1.26 bits per heavy atom. The van der Waals surface area contributed by atoms with Crippen molar-refractivity contribution in [2.75, 3.05) is 20.1 Å². The lowest BCUT2D eigenvalue weighted by molar-refractivity contribution is -0.127. The number of aryl methyl sites for hydroxylation is 1. The molecule has 31 heavy (non-hydrogen) atoms. The van der Waals surface area contributed by atoms with E-state index in [0.29, 0.717) is 18.1 Å². The zero-order chi connectivity index (χ0) is 22.6. The molecule has 2 aromatic carbocycles. The van der Waals surface area contributed by atoms with Gasteiger partial charge in [-0.3, -0.25) is 9.69 Å². The quantitative estimate of drug-likeness (QED) is 0.618. The summed E-state index contributed by atoms with van der Waals surface area (Å²) < 4.78 is 39.4. The van der Waals surface area contributed by atoms with Gasteiger partial charge in [0.2, 0.25) is 15.9 Å². The van der Waals surface area contributed by atoms with Crippen LogP contribution in [0.5, 0.6) is 0 Å². The molecule has 0 aliphatic carbocycles. The number of halogens is 1. The van der Waals surface area contributed by atoms with E-state index >= 15 is 0 Å². The largest absolute Gasteiger partial charge is 0.290 e. The first-order chi connectivity index (χ1) is 14.7. The number of aliphatic imine (C=N–C) groups is 1. The maximum absolute atomic E-state index is 13.1. The standard InChI is InChI=1S/C22H26FN3O3S2/c1-16-6-4-7-19(14-16)24-22-26(15-17(2)30-22)21(27)8-5-13-25(3)31(28,29)20-11-9-18(23)10-12-20/h4,6-7,9-12,14,17H,5,8,13,15H2,1-3H3. The lowest BCUT2D eigenvalue weighted by Crippen LogP contribution is -2.33. The summed E-state index contributed by atoms with van der Waals surface area (Å²) in [5.41, 5.74) is 1.90. The van der Waals surface area contributed by atoms with E-state index in [1.54, 1.807) is 16.7 Å². The van der Waals surface area contributed by atoms with Gasteiger partial charge in [0, 0.05) is 31.8 Å². The third-order valence-corrected chi connectivity index (χ3v) is 7.84. The van der Waals surface area contributed by atoms with Crippen molar-refractivity contribution in [3.8, 4) is 0 Å². The second kappa shape index (κ2) is 9.93. The number of carbonyl (C=O) groups is 1. The Morgan fingerprint density at radius 3 is 2.65 bits per heavy atom. The molecule has 1 saturated heterocycles. The molecule has 1 aliphatic rings. The van der Waals surface area contributed by atoms with Crippen LogP contribution in [0.2, 0.25) is 0 Å². The lowest BCUT2D eigenvalue weighted by atomic mass is 10.2. The SMILES string of the molecule is Cc1cccc(N=C2SC(C)CN2C(=O)CCCN(C)S(=O)(=O)c2ccc(F)cc2)c1. The highest BCUT2D eigenvalue weighted by Gasteiger charge is 2.30. The third-order valence-electron chi connectivity index (χ3n) is 4.89. The van der Waals surface area contributed by atoms with Gasteiger partial charge in [-0.2, -0.15) is 0 Å². The van der Waals surface area contributed by atoms with Gasteiger partial charge < -0.3 is 0 Å². The van der Waals surface area contributed by atoms with E-state index in [2.05, 4.69) is 4.99 Å². The Labute approximate surface area is 187 Å². The molecule has 0 aromatic heterocycles. The lowest BCUT2D eigenvalue weighted by Gasteiger charge is -2.19. The number of hydrogen-bond acceptors (Lipinski definition) is 5. The van der Waals surface area contributed by atoms with E-state index in [4.69, 9.17) is 0 Å². The number of sulfonamides is 1. The van der Waals surface area contributed by atoms with Crippen LogP contribution in [0.1, 0.15) is 25.3 Å². The maximum Gasteiger partial charge on any atom is 0.242 e. The number of carbonyl (C=O) groups excluding carboxylic acids is 1. The van der Waals surface area contributed by atoms with Gasteiger partial charge in [-0.1, -0.05) is 30.8 Å².